The van der Waals surface area contributed by atoms with E-state index in [-0.39, 0.29) is 11.9 Å². The van der Waals surface area contributed by atoms with Gasteiger partial charge in [0.1, 0.15) is 0 Å². The van der Waals surface area contributed by atoms with Crippen LogP contribution in [0.15, 0.2) is 65.3 Å². The van der Waals surface area contributed by atoms with E-state index >= 15 is 0 Å². The highest BCUT2D eigenvalue weighted by atomic mass is 16.6. The summed E-state index contributed by atoms with van der Waals surface area (Å²) in [6.07, 6.45) is 9.45. The summed E-state index contributed by atoms with van der Waals surface area (Å²) < 4.78 is 5.17. The van der Waals surface area contributed by atoms with Crippen LogP contribution in [-0.2, 0) is 9.53 Å². The van der Waals surface area contributed by atoms with Crippen molar-refractivity contribution in [1.29, 1.82) is 0 Å². The first kappa shape index (κ1) is 10.7. The highest BCUT2D eigenvalue weighted by molar-refractivity contribution is 6.08. The zero-order valence-corrected chi connectivity index (χ0v) is 9.61. The molecule has 1 heterocycles. The monoisotopic (exact) mass is 237 g/mol. The van der Waals surface area contributed by atoms with Crippen LogP contribution in [0.3, 0.4) is 0 Å². The second-order valence-corrected chi connectivity index (χ2v) is 4.08. The number of rotatable bonds is 2. The van der Waals surface area contributed by atoms with Crippen LogP contribution < -0.4 is 0 Å². The third-order valence-corrected chi connectivity index (χ3v) is 2.77. The summed E-state index contributed by atoms with van der Waals surface area (Å²) in [5.41, 5.74) is 1.29. The number of allylic oxidation sites excluding steroid dienone is 2. The van der Waals surface area contributed by atoms with E-state index in [1.165, 1.54) is 0 Å². The van der Waals surface area contributed by atoms with Crippen molar-refractivity contribution in [3.8, 4) is 0 Å². The predicted octanol–water partition coefficient (Wildman–Crippen LogP) is 2.73. The molecule has 1 aromatic carbocycles. The van der Waals surface area contributed by atoms with Gasteiger partial charge in [0.25, 0.3) is 0 Å². The third-order valence-electron chi connectivity index (χ3n) is 2.77. The minimum atomic E-state index is -0.387. The van der Waals surface area contributed by atoms with Gasteiger partial charge in [0.15, 0.2) is 5.70 Å². The summed E-state index contributed by atoms with van der Waals surface area (Å²) in [5, 5.41) is 0. The summed E-state index contributed by atoms with van der Waals surface area (Å²) >= 11 is 0. The van der Waals surface area contributed by atoms with Crippen LogP contribution in [-0.4, -0.2) is 11.9 Å². The smallest absolute Gasteiger partial charge is 0.363 e. The van der Waals surface area contributed by atoms with Gasteiger partial charge in [-0.2, -0.15) is 0 Å². The topological polar surface area (TPSA) is 38.7 Å². The SMILES string of the molecule is O=C1OC(C2C=CC=C2)=NC1=Cc1ccccc1. The van der Waals surface area contributed by atoms with Crippen LogP contribution in [0.5, 0.6) is 0 Å². The first-order valence-electron chi connectivity index (χ1n) is 5.75. The van der Waals surface area contributed by atoms with Crippen molar-refractivity contribution in [2.24, 2.45) is 10.9 Å². The van der Waals surface area contributed by atoms with E-state index in [0.29, 0.717) is 11.6 Å². The highest BCUT2D eigenvalue weighted by Gasteiger charge is 2.27. The van der Waals surface area contributed by atoms with E-state index in [4.69, 9.17) is 4.74 Å². The van der Waals surface area contributed by atoms with E-state index in [2.05, 4.69) is 4.99 Å². The number of ether oxygens (including phenoxy) is 1. The Kier molecular flexibility index (Phi) is 2.65. The van der Waals surface area contributed by atoms with Crippen molar-refractivity contribution in [3.63, 3.8) is 0 Å². The highest BCUT2D eigenvalue weighted by Crippen LogP contribution is 2.22. The summed E-state index contributed by atoms with van der Waals surface area (Å²) in [7, 11) is 0. The molecular weight excluding hydrogens is 226 g/mol. The minimum absolute atomic E-state index is 0.0179. The first-order valence-corrected chi connectivity index (χ1v) is 5.75. The molecule has 0 aromatic heterocycles. The number of cyclic esters (lactones) is 1. The number of esters is 1. The van der Waals surface area contributed by atoms with Crippen molar-refractivity contribution in [3.05, 3.63) is 65.9 Å². The van der Waals surface area contributed by atoms with Gasteiger partial charge >= 0.3 is 5.97 Å². The molecule has 3 heteroatoms. The Morgan fingerprint density at radius 1 is 1.11 bits per heavy atom. The van der Waals surface area contributed by atoms with E-state index in [0.717, 1.165) is 5.56 Å². The molecule has 0 N–H and O–H groups in total. The standard InChI is InChI=1S/C15H11NO2/c17-15-13(10-11-6-2-1-3-7-11)16-14(18-15)12-8-4-5-9-12/h1-10,12H. The van der Waals surface area contributed by atoms with Crippen molar-refractivity contribution in [1.82, 2.24) is 0 Å². The average molecular weight is 237 g/mol. The maximum absolute atomic E-state index is 11.7. The third kappa shape index (κ3) is 2.02. The largest absolute Gasteiger partial charge is 0.406 e. The van der Waals surface area contributed by atoms with Gasteiger partial charge in [0, 0.05) is 0 Å². The fourth-order valence-corrected chi connectivity index (χ4v) is 1.87. The van der Waals surface area contributed by atoms with Gasteiger partial charge in [-0.3, -0.25) is 0 Å². The van der Waals surface area contributed by atoms with Crippen LogP contribution in [0.25, 0.3) is 6.08 Å². The van der Waals surface area contributed by atoms with Gasteiger partial charge in [-0.05, 0) is 11.6 Å². The molecule has 2 aliphatic rings. The Balaban J connectivity index is 1.89. The number of benzene rings is 1. The number of nitrogens with zero attached hydrogens (tertiary/aromatic N) is 1. The summed E-state index contributed by atoms with van der Waals surface area (Å²) in [6.45, 7) is 0. The maximum Gasteiger partial charge on any atom is 0.363 e. The molecular formula is C15H11NO2. The van der Waals surface area contributed by atoms with Gasteiger partial charge in [-0.15, -0.1) is 0 Å². The van der Waals surface area contributed by atoms with Gasteiger partial charge in [0.05, 0.1) is 5.92 Å². The molecule has 0 atom stereocenters. The quantitative estimate of drug-likeness (QED) is 0.586. The van der Waals surface area contributed by atoms with E-state index in [1.807, 2.05) is 54.6 Å². The van der Waals surface area contributed by atoms with Crippen molar-refractivity contribution in [2.45, 2.75) is 0 Å². The number of carbonyl (C=O) groups excluding carboxylic acids is 1. The molecule has 1 aliphatic carbocycles. The van der Waals surface area contributed by atoms with E-state index in [1.54, 1.807) is 6.08 Å². The molecule has 0 saturated carbocycles. The van der Waals surface area contributed by atoms with E-state index < -0.39 is 0 Å². The summed E-state index contributed by atoms with van der Waals surface area (Å²) in [4.78, 5) is 15.9. The van der Waals surface area contributed by atoms with Crippen molar-refractivity contribution < 1.29 is 9.53 Å². The van der Waals surface area contributed by atoms with Crippen LogP contribution >= 0.6 is 0 Å². The van der Waals surface area contributed by atoms with Gasteiger partial charge < -0.3 is 4.74 Å². The lowest BCUT2D eigenvalue weighted by molar-refractivity contribution is -0.130. The average Bonchev–Trinajstić information content (AvgIpc) is 3.01. The number of hydrogen-bond donors (Lipinski definition) is 0. The Hall–Kier alpha value is -2.42. The molecule has 3 nitrogen and oxygen atoms in total. The lowest BCUT2D eigenvalue weighted by Gasteiger charge is -2.01. The fraction of sp³-hybridized carbons (Fsp3) is 0.0667. The second kappa shape index (κ2) is 4.45. The van der Waals surface area contributed by atoms with Gasteiger partial charge in [0.2, 0.25) is 5.90 Å². The molecule has 0 spiro atoms. The molecule has 1 aliphatic heterocycles. The lowest BCUT2D eigenvalue weighted by Crippen LogP contribution is -2.11. The molecule has 0 amide bonds. The fourth-order valence-electron chi connectivity index (χ4n) is 1.87. The summed E-state index contributed by atoms with van der Waals surface area (Å²) in [6, 6.07) is 9.60. The second-order valence-electron chi connectivity index (χ2n) is 4.08. The number of carbonyl (C=O) groups is 1. The molecule has 18 heavy (non-hydrogen) atoms. The Labute approximate surface area is 105 Å². The molecule has 0 unspecified atom stereocenters. The van der Waals surface area contributed by atoms with Crippen LogP contribution in [0.2, 0.25) is 0 Å². The first-order chi connectivity index (χ1) is 8.83. The molecule has 0 bridgehead atoms. The number of aliphatic imine (C=N–C) groups is 1. The zero-order chi connectivity index (χ0) is 12.4. The number of hydrogen-bond acceptors (Lipinski definition) is 3. The molecule has 3 rings (SSSR count). The van der Waals surface area contributed by atoms with Crippen LogP contribution in [0.1, 0.15) is 5.56 Å². The molecule has 1 aromatic rings. The molecule has 0 saturated heterocycles. The Bertz CT molecular complexity index is 582. The van der Waals surface area contributed by atoms with Gasteiger partial charge in [-0.25, -0.2) is 9.79 Å². The van der Waals surface area contributed by atoms with Crippen LogP contribution in [0, 0.1) is 5.92 Å². The van der Waals surface area contributed by atoms with E-state index in [9.17, 15) is 4.79 Å². The molecule has 0 fully saturated rings. The Morgan fingerprint density at radius 3 is 2.56 bits per heavy atom. The molecule has 88 valence electrons. The predicted molar refractivity (Wildman–Crippen MR) is 69.7 cm³/mol. The maximum atomic E-state index is 11.7. The van der Waals surface area contributed by atoms with Gasteiger partial charge in [-0.1, -0.05) is 54.6 Å². The van der Waals surface area contributed by atoms with Crippen molar-refractivity contribution >= 4 is 17.9 Å². The lowest BCUT2D eigenvalue weighted by atomic mass is 10.2. The normalized spacial score (nSPS) is 20.6. The Morgan fingerprint density at radius 2 is 1.83 bits per heavy atom. The molecule has 0 radical (unpaired) electrons. The summed E-state index contributed by atoms with van der Waals surface area (Å²) in [5.74, 6) is 0.0466. The minimum Gasteiger partial charge on any atom is -0.406 e. The van der Waals surface area contributed by atoms with Crippen molar-refractivity contribution in [2.75, 3.05) is 0 Å². The zero-order valence-electron chi connectivity index (χ0n) is 9.61. The van der Waals surface area contributed by atoms with Crippen LogP contribution in [0.4, 0.5) is 0 Å².